The van der Waals surface area contributed by atoms with Gasteiger partial charge in [0.1, 0.15) is 5.82 Å². The molecule has 0 aromatic heterocycles. The van der Waals surface area contributed by atoms with Crippen LogP contribution in [0.25, 0.3) is 0 Å². The van der Waals surface area contributed by atoms with E-state index in [0.29, 0.717) is 6.10 Å². The van der Waals surface area contributed by atoms with E-state index in [1.165, 1.54) is 6.07 Å². The van der Waals surface area contributed by atoms with Gasteiger partial charge in [0.15, 0.2) is 0 Å². The smallest absolute Gasteiger partial charge is 0.141 e. The molecule has 0 aliphatic carbocycles. The van der Waals surface area contributed by atoms with E-state index < -0.39 is 0 Å². The molecular weight excluding hydrogens is 253 g/mol. The summed E-state index contributed by atoms with van der Waals surface area (Å²) in [6.45, 7) is 0.886. The number of hydrogen-bond donors (Lipinski definition) is 1. The van der Waals surface area contributed by atoms with E-state index in [4.69, 9.17) is 16.3 Å². The van der Waals surface area contributed by atoms with E-state index in [1.807, 2.05) is 7.05 Å². The number of nitrogens with one attached hydrogen (secondary N) is 1. The van der Waals surface area contributed by atoms with Gasteiger partial charge in [-0.3, -0.25) is 0 Å². The molecule has 4 heteroatoms. The van der Waals surface area contributed by atoms with Crippen molar-refractivity contribution in [3.05, 3.63) is 34.6 Å². The van der Waals surface area contributed by atoms with Crippen LogP contribution in [0.5, 0.6) is 0 Å². The molecule has 100 valence electrons. The summed E-state index contributed by atoms with van der Waals surface area (Å²) in [5.74, 6) is -0.366. The molecule has 2 atom stereocenters. The zero-order valence-corrected chi connectivity index (χ0v) is 11.3. The molecule has 1 saturated heterocycles. The van der Waals surface area contributed by atoms with E-state index in [9.17, 15) is 4.39 Å². The summed E-state index contributed by atoms with van der Waals surface area (Å²) >= 11 is 5.81. The minimum absolute atomic E-state index is 0.185. The van der Waals surface area contributed by atoms with Crippen LogP contribution in [0.4, 0.5) is 4.39 Å². The van der Waals surface area contributed by atoms with Crippen LogP contribution in [0.3, 0.4) is 0 Å². The SMILES string of the molecule is CNC(CCC1CCCO1)c1ccc(F)c(Cl)c1. The van der Waals surface area contributed by atoms with E-state index in [2.05, 4.69) is 5.32 Å². The molecule has 0 saturated carbocycles. The van der Waals surface area contributed by atoms with Crippen molar-refractivity contribution >= 4 is 11.6 Å². The molecule has 0 radical (unpaired) electrons. The van der Waals surface area contributed by atoms with Crippen molar-refractivity contribution in [1.82, 2.24) is 5.32 Å². The fourth-order valence-corrected chi connectivity index (χ4v) is 2.62. The average Bonchev–Trinajstić information content (AvgIpc) is 2.87. The summed E-state index contributed by atoms with van der Waals surface area (Å²) in [6, 6.07) is 5.12. The van der Waals surface area contributed by atoms with Gasteiger partial charge in [-0.1, -0.05) is 17.7 Å². The van der Waals surface area contributed by atoms with Crippen molar-refractivity contribution in [3.8, 4) is 0 Å². The highest BCUT2D eigenvalue weighted by Crippen LogP contribution is 2.26. The maximum Gasteiger partial charge on any atom is 0.141 e. The van der Waals surface area contributed by atoms with Crippen molar-refractivity contribution in [1.29, 1.82) is 0 Å². The van der Waals surface area contributed by atoms with E-state index in [1.54, 1.807) is 12.1 Å². The van der Waals surface area contributed by atoms with Crippen LogP contribution in [-0.2, 0) is 4.74 Å². The first-order valence-electron chi connectivity index (χ1n) is 6.44. The number of halogens is 2. The first-order chi connectivity index (χ1) is 8.70. The molecular formula is C14H19ClFNO. The quantitative estimate of drug-likeness (QED) is 0.882. The van der Waals surface area contributed by atoms with E-state index >= 15 is 0 Å². The summed E-state index contributed by atoms with van der Waals surface area (Å²) in [5, 5.41) is 3.44. The molecule has 18 heavy (non-hydrogen) atoms. The number of hydrogen-bond acceptors (Lipinski definition) is 2. The standard InChI is InChI=1S/C14H19ClFNO/c1-17-14(7-5-11-3-2-8-18-11)10-4-6-13(16)12(15)9-10/h4,6,9,11,14,17H,2-3,5,7-8H2,1H3. The average molecular weight is 272 g/mol. The lowest BCUT2D eigenvalue weighted by Gasteiger charge is -2.19. The zero-order valence-electron chi connectivity index (χ0n) is 10.6. The van der Waals surface area contributed by atoms with Gasteiger partial charge in [-0.15, -0.1) is 0 Å². The van der Waals surface area contributed by atoms with E-state index in [-0.39, 0.29) is 16.9 Å². The Bertz CT molecular complexity index is 393. The summed E-state index contributed by atoms with van der Waals surface area (Å²) in [4.78, 5) is 0. The number of benzene rings is 1. The van der Waals surface area contributed by atoms with Gasteiger partial charge in [0.2, 0.25) is 0 Å². The summed E-state index contributed by atoms with van der Waals surface area (Å²) < 4.78 is 18.7. The Balaban J connectivity index is 1.96. The summed E-state index contributed by atoms with van der Waals surface area (Å²) in [5.41, 5.74) is 1.03. The largest absolute Gasteiger partial charge is 0.378 e. The van der Waals surface area contributed by atoms with Crippen molar-refractivity contribution in [2.75, 3.05) is 13.7 Å². The van der Waals surface area contributed by atoms with Crippen LogP contribution in [-0.4, -0.2) is 19.8 Å². The molecule has 2 rings (SSSR count). The van der Waals surface area contributed by atoms with Gasteiger partial charge in [-0.2, -0.15) is 0 Å². The minimum Gasteiger partial charge on any atom is -0.378 e. The number of rotatable bonds is 5. The molecule has 1 aliphatic heterocycles. The first kappa shape index (κ1) is 13.8. The van der Waals surface area contributed by atoms with Gasteiger partial charge < -0.3 is 10.1 Å². The summed E-state index contributed by atoms with van der Waals surface area (Å²) in [6.07, 6.45) is 4.71. The van der Waals surface area contributed by atoms with Gasteiger partial charge >= 0.3 is 0 Å². The van der Waals surface area contributed by atoms with Gasteiger partial charge in [0.25, 0.3) is 0 Å². The van der Waals surface area contributed by atoms with Crippen molar-refractivity contribution in [3.63, 3.8) is 0 Å². The second-order valence-corrected chi connectivity index (χ2v) is 5.13. The fraction of sp³-hybridized carbons (Fsp3) is 0.571. The van der Waals surface area contributed by atoms with Crippen molar-refractivity contribution in [2.24, 2.45) is 0 Å². The van der Waals surface area contributed by atoms with Crippen LogP contribution < -0.4 is 5.32 Å². The Kier molecular flexibility index (Phi) is 4.98. The third-order valence-electron chi connectivity index (χ3n) is 3.50. The predicted octanol–water partition coefficient (Wildman–Crippen LogP) is 3.70. The van der Waals surface area contributed by atoms with Crippen LogP contribution in [0, 0.1) is 5.82 Å². The second-order valence-electron chi connectivity index (χ2n) is 4.73. The Labute approximate surface area is 112 Å². The van der Waals surface area contributed by atoms with Crippen LogP contribution in [0.15, 0.2) is 18.2 Å². The molecule has 0 spiro atoms. The Morgan fingerprint density at radius 3 is 3.00 bits per heavy atom. The predicted molar refractivity (Wildman–Crippen MR) is 71.4 cm³/mol. The normalized spacial score (nSPS) is 21.2. The maximum atomic E-state index is 13.1. The van der Waals surface area contributed by atoms with Crippen LogP contribution in [0.2, 0.25) is 5.02 Å². The molecule has 1 aromatic carbocycles. The van der Waals surface area contributed by atoms with Crippen molar-refractivity contribution < 1.29 is 9.13 Å². The molecule has 0 amide bonds. The van der Waals surface area contributed by atoms with Crippen LogP contribution >= 0.6 is 11.6 Å². The molecule has 2 unspecified atom stereocenters. The van der Waals surface area contributed by atoms with Crippen LogP contribution in [0.1, 0.15) is 37.3 Å². The molecule has 1 fully saturated rings. The Hall–Kier alpha value is -0.640. The van der Waals surface area contributed by atoms with Gasteiger partial charge in [-0.05, 0) is 50.4 Å². The number of ether oxygens (including phenoxy) is 1. The Morgan fingerprint density at radius 1 is 1.56 bits per heavy atom. The lowest BCUT2D eigenvalue weighted by molar-refractivity contribution is 0.0998. The second kappa shape index (κ2) is 6.50. The van der Waals surface area contributed by atoms with Gasteiger partial charge in [-0.25, -0.2) is 4.39 Å². The lowest BCUT2D eigenvalue weighted by atomic mass is 9.99. The summed E-state index contributed by atoms with van der Waals surface area (Å²) in [7, 11) is 1.91. The monoisotopic (exact) mass is 271 g/mol. The van der Waals surface area contributed by atoms with Gasteiger partial charge in [0.05, 0.1) is 11.1 Å². The molecule has 0 bridgehead atoms. The fourth-order valence-electron chi connectivity index (χ4n) is 2.43. The zero-order chi connectivity index (χ0) is 13.0. The highest BCUT2D eigenvalue weighted by molar-refractivity contribution is 6.30. The molecule has 2 nitrogen and oxygen atoms in total. The first-order valence-corrected chi connectivity index (χ1v) is 6.82. The maximum absolute atomic E-state index is 13.1. The topological polar surface area (TPSA) is 21.3 Å². The minimum atomic E-state index is -0.366. The Morgan fingerprint density at radius 2 is 2.39 bits per heavy atom. The molecule has 1 heterocycles. The molecule has 1 aliphatic rings. The molecule has 1 N–H and O–H groups in total. The highest BCUT2D eigenvalue weighted by Gasteiger charge is 2.18. The van der Waals surface area contributed by atoms with Gasteiger partial charge in [0, 0.05) is 12.6 Å². The highest BCUT2D eigenvalue weighted by atomic mass is 35.5. The van der Waals surface area contributed by atoms with Crippen molar-refractivity contribution in [2.45, 2.75) is 37.8 Å². The third kappa shape index (κ3) is 3.44. The lowest BCUT2D eigenvalue weighted by Crippen LogP contribution is -2.18. The van der Waals surface area contributed by atoms with E-state index in [0.717, 1.165) is 37.9 Å². The molecule has 1 aromatic rings. The third-order valence-corrected chi connectivity index (χ3v) is 3.79.